The first-order chi connectivity index (χ1) is 18.6. The van der Waals surface area contributed by atoms with E-state index >= 15 is 0 Å². The fourth-order valence-electron chi connectivity index (χ4n) is 7.01. The van der Waals surface area contributed by atoms with Gasteiger partial charge in [0.1, 0.15) is 11.6 Å². The van der Waals surface area contributed by atoms with E-state index in [0.717, 1.165) is 23.2 Å². The molecule has 3 saturated heterocycles. The van der Waals surface area contributed by atoms with Crippen molar-refractivity contribution in [1.29, 1.82) is 0 Å². The number of unbranched alkanes of at least 4 members (excludes halogenated alkanes) is 2. The number of hydrogen-bond acceptors (Lipinski definition) is 5. The summed E-state index contributed by atoms with van der Waals surface area (Å²) in [6, 6.07) is 5.13. The lowest BCUT2D eigenvalue weighted by atomic mass is 9.66. The van der Waals surface area contributed by atoms with Gasteiger partial charge in [0.2, 0.25) is 11.8 Å². The van der Waals surface area contributed by atoms with Crippen LogP contribution in [0.2, 0.25) is 0 Å². The Labute approximate surface area is 232 Å². The first-order valence-corrected chi connectivity index (χ1v) is 14.0. The van der Waals surface area contributed by atoms with Crippen molar-refractivity contribution < 1.29 is 24.2 Å². The predicted octanol–water partition coefficient (Wildman–Crippen LogP) is 3.39. The summed E-state index contributed by atoms with van der Waals surface area (Å²) >= 11 is 0. The number of ether oxygens (including phenoxy) is 1. The van der Waals surface area contributed by atoms with E-state index in [4.69, 9.17) is 4.74 Å². The number of amides is 3. The van der Waals surface area contributed by atoms with Crippen LogP contribution in [0.15, 0.2) is 43.5 Å². The number of nitrogens with zero attached hydrogens (tertiary/aromatic N) is 3. The number of likely N-dealkylation sites (N-methyl/N-ethyl adjacent to an activating group) is 1. The van der Waals surface area contributed by atoms with E-state index in [9.17, 15) is 19.5 Å². The first kappa shape index (κ1) is 29.0. The minimum Gasteiger partial charge on any atom is -0.396 e. The Morgan fingerprint density at radius 3 is 2.51 bits per heavy atom. The molecule has 4 rings (SSSR count). The second kappa shape index (κ2) is 11.3. The van der Waals surface area contributed by atoms with E-state index < -0.39 is 29.1 Å². The van der Waals surface area contributed by atoms with Crippen LogP contribution in [-0.2, 0) is 19.1 Å². The molecule has 5 atom stereocenters. The molecule has 212 valence electrons. The normalized spacial score (nSPS) is 28.9. The molecule has 1 spiro atoms. The Morgan fingerprint density at radius 2 is 1.85 bits per heavy atom. The third-order valence-electron chi connectivity index (χ3n) is 8.85. The largest absolute Gasteiger partial charge is 0.396 e. The highest BCUT2D eigenvalue weighted by atomic mass is 16.5. The zero-order chi connectivity index (χ0) is 28.5. The number of carbonyl (C=O) groups is 3. The maximum absolute atomic E-state index is 14.6. The summed E-state index contributed by atoms with van der Waals surface area (Å²) < 4.78 is 6.76. The van der Waals surface area contributed by atoms with Crippen LogP contribution in [0.5, 0.6) is 0 Å². The molecule has 8 nitrogen and oxygen atoms in total. The summed E-state index contributed by atoms with van der Waals surface area (Å²) in [6.07, 6.45) is 6.50. The number of aliphatic hydroxyl groups excluding tert-OH is 1. The molecule has 3 aliphatic heterocycles. The molecule has 0 aliphatic carbocycles. The van der Waals surface area contributed by atoms with E-state index in [0.29, 0.717) is 38.8 Å². The molecule has 2 unspecified atom stereocenters. The minimum atomic E-state index is -1.08. The molecule has 3 heterocycles. The molecule has 8 heteroatoms. The lowest BCUT2D eigenvalue weighted by molar-refractivity contribution is -0.149. The highest BCUT2D eigenvalue weighted by Gasteiger charge is 2.78. The molecule has 3 fully saturated rings. The van der Waals surface area contributed by atoms with Gasteiger partial charge < -0.3 is 24.5 Å². The minimum absolute atomic E-state index is 0.0797. The van der Waals surface area contributed by atoms with E-state index in [2.05, 4.69) is 13.2 Å². The number of anilines is 1. The van der Waals surface area contributed by atoms with Crippen LogP contribution in [-0.4, -0.2) is 83.2 Å². The van der Waals surface area contributed by atoms with Gasteiger partial charge in [-0.05, 0) is 70.1 Å². The Kier molecular flexibility index (Phi) is 8.38. The van der Waals surface area contributed by atoms with Crippen molar-refractivity contribution in [3.63, 3.8) is 0 Å². The van der Waals surface area contributed by atoms with Crippen LogP contribution in [0, 0.1) is 25.7 Å². The van der Waals surface area contributed by atoms with Gasteiger partial charge in [-0.1, -0.05) is 24.3 Å². The number of fused-ring (bicyclic) bond motifs is 1. The summed E-state index contributed by atoms with van der Waals surface area (Å²) in [5.41, 5.74) is 0.859. The number of likely N-dealkylation sites (tertiary alicyclic amines) is 1. The maximum Gasteiger partial charge on any atom is 0.253 e. The smallest absolute Gasteiger partial charge is 0.253 e. The van der Waals surface area contributed by atoms with Crippen LogP contribution in [0.25, 0.3) is 0 Å². The standard InChI is InChI=1S/C31H43N3O5/c1-7-16-32(6)27(36)24-25-28(37)34(18-10-9-11-19-35)26(31(25)15-14-30(24,5)39-31)29(38)33(17-8-2)23-20-21(3)12-13-22(23)4/h7-8,12-13,20,24-26,35H,1-2,9-11,14-19H2,3-6H3/t24-,25-,26?,30+,31?/m0/s1. The Hall–Kier alpha value is -2.97. The van der Waals surface area contributed by atoms with Crippen LogP contribution < -0.4 is 4.90 Å². The number of aryl methyl sites for hydroxylation is 2. The Bertz CT molecular complexity index is 1150. The number of carbonyl (C=O) groups excluding carboxylic acids is 3. The topological polar surface area (TPSA) is 90.4 Å². The van der Waals surface area contributed by atoms with Gasteiger partial charge in [-0.3, -0.25) is 14.4 Å². The molecular weight excluding hydrogens is 494 g/mol. The van der Waals surface area contributed by atoms with Gasteiger partial charge in [-0.25, -0.2) is 0 Å². The Balaban J connectivity index is 1.79. The van der Waals surface area contributed by atoms with Crippen molar-refractivity contribution in [3.8, 4) is 0 Å². The molecule has 0 aromatic heterocycles. The number of aliphatic hydroxyl groups is 1. The van der Waals surface area contributed by atoms with Gasteiger partial charge in [-0.2, -0.15) is 0 Å². The molecule has 3 amide bonds. The number of benzene rings is 1. The third kappa shape index (κ3) is 4.82. The zero-order valence-corrected chi connectivity index (χ0v) is 23.8. The lowest BCUT2D eigenvalue weighted by Crippen LogP contribution is -2.56. The van der Waals surface area contributed by atoms with Gasteiger partial charge in [0.25, 0.3) is 5.91 Å². The van der Waals surface area contributed by atoms with E-state index in [1.165, 1.54) is 0 Å². The summed E-state index contributed by atoms with van der Waals surface area (Å²) in [6.45, 7) is 14.6. The van der Waals surface area contributed by atoms with Crippen LogP contribution in [0.3, 0.4) is 0 Å². The van der Waals surface area contributed by atoms with E-state index in [-0.39, 0.29) is 30.9 Å². The van der Waals surface area contributed by atoms with Crippen molar-refractivity contribution in [2.75, 3.05) is 38.2 Å². The highest BCUT2D eigenvalue weighted by Crippen LogP contribution is 2.63. The summed E-state index contributed by atoms with van der Waals surface area (Å²) in [7, 11) is 1.72. The second-order valence-corrected chi connectivity index (χ2v) is 11.6. The van der Waals surface area contributed by atoms with Crippen molar-refractivity contribution in [2.24, 2.45) is 11.8 Å². The van der Waals surface area contributed by atoms with Crippen molar-refractivity contribution in [3.05, 3.63) is 54.6 Å². The summed E-state index contributed by atoms with van der Waals surface area (Å²) in [4.78, 5) is 47.6. The number of hydrogen-bond donors (Lipinski definition) is 1. The fraction of sp³-hybridized carbons (Fsp3) is 0.581. The lowest BCUT2D eigenvalue weighted by Gasteiger charge is -2.37. The fourth-order valence-corrected chi connectivity index (χ4v) is 7.01. The first-order valence-electron chi connectivity index (χ1n) is 14.0. The molecule has 0 saturated carbocycles. The van der Waals surface area contributed by atoms with Crippen LogP contribution in [0.4, 0.5) is 5.69 Å². The average Bonchev–Trinajstić information content (AvgIpc) is 3.47. The van der Waals surface area contributed by atoms with Crippen LogP contribution in [0.1, 0.15) is 50.2 Å². The third-order valence-corrected chi connectivity index (χ3v) is 8.85. The molecule has 1 N–H and O–H groups in total. The highest BCUT2D eigenvalue weighted by molar-refractivity contribution is 6.05. The van der Waals surface area contributed by atoms with E-state index in [1.807, 2.05) is 39.0 Å². The van der Waals surface area contributed by atoms with Gasteiger partial charge in [0.05, 0.1) is 17.4 Å². The van der Waals surface area contributed by atoms with Crippen molar-refractivity contribution in [2.45, 2.75) is 70.1 Å². The summed E-state index contributed by atoms with van der Waals surface area (Å²) in [5, 5.41) is 9.27. The molecule has 1 aromatic carbocycles. The van der Waals surface area contributed by atoms with E-state index in [1.54, 1.807) is 33.9 Å². The molecule has 3 aliphatic rings. The maximum atomic E-state index is 14.6. The van der Waals surface area contributed by atoms with Crippen LogP contribution >= 0.6 is 0 Å². The predicted molar refractivity (Wildman–Crippen MR) is 151 cm³/mol. The average molecular weight is 538 g/mol. The molecular formula is C31H43N3O5. The molecule has 1 aromatic rings. The molecule has 2 bridgehead atoms. The number of rotatable bonds is 12. The summed E-state index contributed by atoms with van der Waals surface area (Å²) in [5.74, 6) is -1.95. The van der Waals surface area contributed by atoms with Gasteiger partial charge >= 0.3 is 0 Å². The second-order valence-electron chi connectivity index (χ2n) is 11.6. The molecule has 0 radical (unpaired) electrons. The monoisotopic (exact) mass is 537 g/mol. The SMILES string of the molecule is C=CCN(C)C(=O)[C@@H]1[C@H]2C(=O)N(CCCCCO)C(C(=O)N(CC=C)c3cc(C)ccc3C)C23CC[C@@]1(C)O3. The van der Waals surface area contributed by atoms with Gasteiger partial charge in [0.15, 0.2) is 0 Å². The van der Waals surface area contributed by atoms with Gasteiger partial charge in [0, 0.05) is 39.0 Å². The quantitative estimate of drug-likeness (QED) is 0.326. The zero-order valence-electron chi connectivity index (χ0n) is 23.8. The van der Waals surface area contributed by atoms with Crippen molar-refractivity contribution >= 4 is 23.4 Å². The van der Waals surface area contributed by atoms with Crippen molar-refractivity contribution in [1.82, 2.24) is 9.80 Å². The molecule has 39 heavy (non-hydrogen) atoms. The Morgan fingerprint density at radius 1 is 1.13 bits per heavy atom. The van der Waals surface area contributed by atoms with Gasteiger partial charge in [-0.15, -0.1) is 13.2 Å².